The maximum absolute atomic E-state index is 13.5. The number of carbonyl (C=O) groups excluding carboxylic acids is 1. The molecule has 9 nitrogen and oxygen atoms in total. The number of anilines is 2. The summed E-state index contributed by atoms with van der Waals surface area (Å²) in [6, 6.07) is 9.93. The quantitative estimate of drug-likeness (QED) is 0.368. The average Bonchev–Trinajstić information content (AvgIpc) is 2.89. The number of aromatic nitrogens is 2. The van der Waals surface area contributed by atoms with Gasteiger partial charge in [0, 0.05) is 30.4 Å². The van der Waals surface area contributed by atoms with Crippen molar-refractivity contribution in [2.75, 3.05) is 25.7 Å². The molecule has 2 aromatic carbocycles. The molecule has 4 rings (SSSR count). The number of nitrogens with one attached hydrogen (secondary N) is 1. The highest BCUT2D eigenvalue weighted by molar-refractivity contribution is 5.76. The van der Waals surface area contributed by atoms with Crippen molar-refractivity contribution in [2.45, 2.75) is 79.5 Å². The van der Waals surface area contributed by atoms with Crippen LogP contribution in [-0.2, 0) is 17.7 Å². The van der Waals surface area contributed by atoms with Crippen LogP contribution in [0.3, 0.4) is 0 Å². The number of amides is 1. The van der Waals surface area contributed by atoms with Crippen LogP contribution in [0.1, 0.15) is 56.4 Å². The van der Waals surface area contributed by atoms with E-state index in [0.717, 1.165) is 39.2 Å². The molecule has 1 N–H and O–H groups in total. The second-order valence-electron chi connectivity index (χ2n) is 11.6. The van der Waals surface area contributed by atoms with Crippen LogP contribution >= 0.6 is 0 Å². The van der Waals surface area contributed by atoms with Crippen molar-refractivity contribution in [3.63, 3.8) is 0 Å². The fourth-order valence-corrected chi connectivity index (χ4v) is 5.63. The molecule has 0 saturated heterocycles. The third-order valence-electron chi connectivity index (χ3n) is 7.33. The Kier molecular flexibility index (Phi) is 8.66. The molecule has 0 fully saturated rings. The number of ether oxygens (including phenoxy) is 3. The zero-order valence-corrected chi connectivity index (χ0v) is 25.7. The Morgan fingerprint density at radius 1 is 1.05 bits per heavy atom. The number of alkyl carbamates (subject to hydrolysis) is 1. The normalized spacial score (nSPS) is 13.1. The van der Waals surface area contributed by atoms with E-state index >= 15 is 0 Å². The van der Waals surface area contributed by atoms with E-state index in [4.69, 9.17) is 14.2 Å². The van der Waals surface area contributed by atoms with E-state index in [1.807, 2.05) is 39.0 Å². The molecule has 41 heavy (non-hydrogen) atoms. The molecule has 0 saturated carbocycles. The van der Waals surface area contributed by atoms with Gasteiger partial charge in [0.05, 0.1) is 26.0 Å². The van der Waals surface area contributed by atoms with E-state index in [0.29, 0.717) is 43.2 Å². The van der Waals surface area contributed by atoms with Gasteiger partial charge in [-0.3, -0.25) is 4.57 Å². The van der Waals surface area contributed by atoms with Gasteiger partial charge in [0.2, 0.25) is 0 Å². The Labute approximate surface area is 242 Å². The summed E-state index contributed by atoms with van der Waals surface area (Å²) < 4.78 is 18.3. The van der Waals surface area contributed by atoms with Gasteiger partial charge in [-0.2, -0.15) is 4.98 Å². The lowest BCUT2D eigenvalue weighted by Crippen LogP contribution is -2.44. The highest BCUT2D eigenvalue weighted by Gasteiger charge is 2.29. The first-order chi connectivity index (χ1) is 19.4. The average molecular weight is 563 g/mol. The number of aryl methyl sites for hydroxylation is 4. The van der Waals surface area contributed by atoms with E-state index < -0.39 is 11.7 Å². The molecule has 3 aromatic rings. The van der Waals surface area contributed by atoms with E-state index in [9.17, 15) is 9.59 Å². The molecule has 0 aliphatic carbocycles. The highest BCUT2D eigenvalue weighted by Crippen LogP contribution is 2.40. The number of hydrogen-bond donors (Lipinski definition) is 1. The highest BCUT2D eigenvalue weighted by atomic mass is 16.6. The first kappa shape index (κ1) is 30.0. The Morgan fingerprint density at radius 2 is 1.68 bits per heavy atom. The summed E-state index contributed by atoms with van der Waals surface area (Å²) in [5.74, 6) is 1.78. The van der Waals surface area contributed by atoms with Gasteiger partial charge in [-0.25, -0.2) is 9.59 Å². The molecule has 1 aliphatic rings. The molecule has 0 radical (unpaired) electrons. The zero-order chi connectivity index (χ0) is 30.1. The first-order valence-corrected chi connectivity index (χ1v) is 14.1. The van der Waals surface area contributed by atoms with Gasteiger partial charge in [0.25, 0.3) is 0 Å². The van der Waals surface area contributed by atoms with Crippen molar-refractivity contribution < 1.29 is 19.0 Å². The summed E-state index contributed by atoms with van der Waals surface area (Å²) in [5.41, 5.74) is 6.06. The number of nitrogens with zero attached hydrogens (tertiary/aromatic N) is 3. The van der Waals surface area contributed by atoms with Crippen molar-refractivity contribution >= 4 is 17.6 Å². The predicted octanol–water partition coefficient (Wildman–Crippen LogP) is 5.85. The molecule has 1 unspecified atom stereocenters. The number of hydrogen-bond acceptors (Lipinski definition) is 7. The van der Waals surface area contributed by atoms with E-state index in [1.165, 1.54) is 0 Å². The second kappa shape index (κ2) is 11.8. The van der Waals surface area contributed by atoms with Crippen LogP contribution in [0.4, 0.5) is 16.3 Å². The third kappa shape index (κ3) is 6.34. The van der Waals surface area contributed by atoms with Crippen LogP contribution in [0.25, 0.3) is 11.3 Å². The van der Waals surface area contributed by atoms with Crippen molar-refractivity contribution in [3.8, 4) is 22.8 Å². The SMILES string of the molecule is CCC(CNC(=O)OC(C)(C)C)N(c1cc2n(c(=O)n1)CCc1cc(OC)c(OC)cc1-2)c1c(C)cc(C)cc1C. The maximum Gasteiger partial charge on any atom is 0.407 e. The molecule has 9 heteroatoms. The summed E-state index contributed by atoms with van der Waals surface area (Å²) in [6.45, 7) is 14.6. The molecular weight excluding hydrogens is 520 g/mol. The molecular formula is C32H42N4O5. The summed E-state index contributed by atoms with van der Waals surface area (Å²) >= 11 is 0. The van der Waals surface area contributed by atoms with Crippen LogP contribution in [0.2, 0.25) is 0 Å². The van der Waals surface area contributed by atoms with Gasteiger partial charge in [-0.05, 0) is 83.2 Å². The van der Waals surface area contributed by atoms with Crippen molar-refractivity contribution in [1.82, 2.24) is 14.9 Å². The smallest absolute Gasteiger partial charge is 0.407 e. The Morgan fingerprint density at radius 3 is 2.27 bits per heavy atom. The molecule has 0 spiro atoms. The van der Waals surface area contributed by atoms with E-state index in [2.05, 4.69) is 55.0 Å². The summed E-state index contributed by atoms with van der Waals surface area (Å²) in [5, 5.41) is 2.94. The Hall–Kier alpha value is -4.01. The number of benzene rings is 2. The summed E-state index contributed by atoms with van der Waals surface area (Å²) in [6.07, 6.45) is 0.882. The fraction of sp³-hybridized carbons (Fsp3) is 0.469. The number of rotatable bonds is 8. The third-order valence-corrected chi connectivity index (χ3v) is 7.33. The molecule has 1 aliphatic heterocycles. The van der Waals surface area contributed by atoms with Gasteiger partial charge >= 0.3 is 11.8 Å². The lowest BCUT2D eigenvalue weighted by atomic mass is 9.96. The van der Waals surface area contributed by atoms with Gasteiger partial charge in [-0.15, -0.1) is 0 Å². The van der Waals surface area contributed by atoms with Crippen LogP contribution in [0, 0.1) is 20.8 Å². The lowest BCUT2D eigenvalue weighted by molar-refractivity contribution is 0.0524. The zero-order valence-electron chi connectivity index (χ0n) is 25.7. The van der Waals surface area contributed by atoms with Gasteiger partial charge in [0.15, 0.2) is 11.5 Å². The van der Waals surface area contributed by atoms with Gasteiger partial charge in [-0.1, -0.05) is 24.6 Å². The number of fused-ring (bicyclic) bond motifs is 3. The topological polar surface area (TPSA) is 94.9 Å². The Bertz CT molecular complexity index is 1480. The number of methoxy groups -OCH3 is 2. The molecule has 1 aromatic heterocycles. The minimum atomic E-state index is -0.610. The van der Waals surface area contributed by atoms with Gasteiger partial charge in [0.1, 0.15) is 11.4 Å². The lowest BCUT2D eigenvalue weighted by Gasteiger charge is -2.36. The minimum Gasteiger partial charge on any atom is -0.493 e. The summed E-state index contributed by atoms with van der Waals surface area (Å²) in [7, 11) is 3.22. The Balaban J connectivity index is 1.87. The molecule has 1 amide bonds. The molecule has 220 valence electrons. The van der Waals surface area contributed by atoms with E-state index in [-0.39, 0.29) is 11.7 Å². The summed E-state index contributed by atoms with van der Waals surface area (Å²) in [4.78, 5) is 32.9. The maximum atomic E-state index is 13.5. The van der Waals surface area contributed by atoms with Gasteiger partial charge < -0.3 is 24.4 Å². The molecule has 1 atom stereocenters. The van der Waals surface area contributed by atoms with Crippen molar-refractivity contribution in [1.29, 1.82) is 0 Å². The standard InChI is InChI=1S/C32H42N4O5/c1-10-23(18-33-31(38)41-32(5,6)7)36(29-20(3)13-19(2)14-21(29)4)28-17-25-24-16-27(40-9)26(39-8)15-22(24)11-12-35(25)30(37)34-28/h13-17,23H,10-12,18H2,1-9H3,(H,33,38). The largest absolute Gasteiger partial charge is 0.493 e. The monoisotopic (exact) mass is 562 g/mol. The van der Waals surface area contributed by atoms with Crippen LogP contribution in [0.5, 0.6) is 11.5 Å². The van der Waals surface area contributed by atoms with Crippen LogP contribution in [0.15, 0.2) is 35.1 Å². The molecule has 2 heterocycles. The predicted molar refractivity (Wildman–Crippen MR) is 162 cm³/mol. The fourth-order valence-electron chi connectivity index (χ4n) is 5.63. The van der Waals surface area contributed by atoms with Crippen LogP contribution in [-0.4, -0.2) is 48.1 Å². The first-order valence-electron chi connectivity index (χ1n) is 14.1. The number of carbonyl (C=O) groups is 1. The minimum absolute atomic E-state index is 0.203. The van der Waals surface area contributed by atoms with Crippen molar-refractivity contribution in [3.05, 3.63) is 63.1 Å². The van der Waals surface area contributed by atoms with Crippen molar-refractivity contribution in [2.24, 2.45) is 0 Å². The molecule has 0 bridgehead atoms. The van der Waals surface area contributed by atoms with E-state index in [1.54, 1.807) is 18.8 Å². The van der Waals surface area contributed by atoms with Crippen LogP contribution < -0.4 is 25.4 Å². The second-order valence-corrected chi connectivity index (χ2v) is 11.6.